The van der Waals surface area contributed by atoms with Crippen molar-refractivity contribution in [2.75, 3.05) is 0 Å². The average molecular weight is 214 g/mol. The number of hydrogen-bond donors (Lipinski definition) is 0. The van der Waals surface area contributed by atoms with Gasteiger partial charge in [-0.2, -0.15) is 0 Å². The molecule has 0 aliphatic carbocycles. The summed E-state index contributed by atoms with van der Waals surface area (Å²) in [6.45, 7) is 0. The molecule has 0 fully saturated rings. The van der Waals surface area contributed by atoms with E-state index in [-0.39, 0.29) is 5.89 Å². The van der Waals surface area contributed by atoms with Gasteiger partial charge in [-0.3, -0.25) is 0 Å². The normalized spacial score (nSPS) is 10.8. The van der Waals surface area contributed by atoms with Crippen LogP contribution in [-0.2, 0) is 0 Å². The van der Waals surface area contributed by atoms with Gasteiger partial charge in [-0.1, -0.05) is 17.3 Å². The molecule has 0 aliphatic heterocycles. The van der Waals surface area contributed by atoms with Gasteiger partial charge in [-0.25, -0.2) is 9.78 Å². The predicted octanol–water partition coefficient (Wildman–Crippen LogP) is 1.84. The van der Waals surface area contributed by atoms with E-state index in [9.17, 15) is 4.79 Å². The molecule has 78 valence electrons. The summed E-state index contributed by atoms with van der Waals surface area (Å²) in [6, 6.07) is 8.55. The molecule has 0 atom stereocenters. The molecule has 16 heavy (non-hydrogen) atoms. The highest BCUT2D eigenvalue weighted by molar-refractivity contribution is 5.77. The molecule has 0 radical (unpaired) electrons. The van der Waals surface area contributed by atoms with E-state index in [1.807, 2.05) is 0 Å². The fourth-order valence-electron chi connectivity index (χ4n) is 1.45. The van der Waals surface area contributed by atoms with Crippen molar-refractivity contribution in [3.05, 3.63) is 46.9 Å². The Morgan fingerprint density at radius 1 is 1.12 bits per heavy atom. The van der Waals surface area contributed by atoms with E-state index < -0.39 is 5.63 Å². The number of nitrogens with zero attached hydrogens (tertiary/aromatic N) is 2. The molecular weight excluding hydrogens is 208 g/mol. The maximum atomic E-state index is 11.6. The maximum absolute atomic E-state index is 11.6. The molecule has 1 aromatic carbocycles. The van der Waals surface area contributed by atoms with Crippen LogP contribution in [-0.4, -0.2) is 10.1 Å². The largest absolute Gasteiger partial charge is 0.400 e. The molecule has 0 N–H and O–H groups in total. The van der Waals surface area contributed by atoms with Crippen LogP contribution in [0, 0.1) is 0 Å². The summed E-state index contributed by atoms with van der Waals surface area (Å²) in [5, 5.41) is 3.98. The second kappa shape index (κ2) is 3.30. The molecule has 2 aromatic heterocycles. The predicted molar refractivity (Wildman–Crippen MR) is 55.8 cm³/mol. The Morgan fingerprint density at radius 2 is 2.00 bits per heavy atom. The minimum atomic E-state index is -0.433. The number of rotatable bonds is 1. The van der Waals surface area contributed by atoms with Gasteiger partial charge in [0.05, 0.1) is 17.1 Å². The fraction of sp³-hybridized carbons (Fsp3) is 0. The first-order chi connectivity index (χ1) is 7.84. The van der Waals surface area contributed by atoms with Gasteiger partial charge >= 0.3 is 5.63 Å². The summed E-state index contributed by atoms with van der Waals surface area (Å²) in [6.07, 6.45) is 1.46. The van der Waals surface area contributed by atoms with Crippen molar-refractivity contribution in [2.24, 2.45) is 0 Å². The van der Waals surface area contributed by atoms with Gasteiger partial charge < -0.3 is 8.94 Å². The first-order valence-corrected chi connectivity index (χ1v) is 4.65. The second-order valence-electron chi connectivity index (χ2n) is 3.20. The van der Waals surface area contributed by atoms with E-state index in [2.05, 4.69) is 10.1 Å². The van der Waals surface area contributed by atoms with Crippen molar-refractivity contribution in [1.82, 2.24) is 10.1 Å². The van der Waals surface area contributed by atoms with Gasteiger partial charge in [-0.05, 0) is 12.1 Å². The van der Waals surface area contributed by atoms with Crippen LogP contribution in [0.5, 0.6) is 0 Å². The van der Waals surface area contributed by atoms with E-state index in [0.29, 0.717) is 16.7 Å². The molecule has 0 saturated carbocycles. The van der Waals surface area contributed by atoms with Crippen LogP contribution >= 0.6 is 0 Å². The zero-order valence-electron chi connectivity index (χ0n) is 8.08. The fourth-order valence-corrected chi connectivity index (χ4v) is 1.45. The SMILES string of the molecule is O=c1oc(-c2ccno2)nc2ccccc12. The maximum Gasteiger partial charge on any atom is 0.347 e. The summed E-state index contributed by atoms with van der Waals surface area (Å²) in [4.78, 5) is 15.8. The molecule has 3 aromatic rings. The van der Waals surface area contributed by atoms with E-state index in [1.165, 1.54) is 6.20 Å². The zero-order valence-corrected chi connectivity index (χ0v) is 8.08. The lowest BCUT2D eigenvalue weighted by Gasteiger charge is -1.96. The third kappa shape index (κ3) is 1.30. The second-order valence-corrected chi connectivity index (χ2v) is 3.20. The Morgan fingerprint density at radius 3 is 2.81 bits per heavy atom. The molecule has 5 nitrogen and oxygen atoms in total. The Kier molecular flexibility index (Phi) is 1.83. The van der Waals surface area contributed by atoms with Crippen molar-refractivity contribution in [3.8, 4) is 11.7 Å². The molecule has 0 spiro atoms. The number of fused-ring (bicyclic) bond motifs is 1. The van der Waals surface area contributed by atoms with E-state index >= 15 is 0 Å². The lowest BCUT2D eigenvalue weighted by atomic mass is 10.2. The molecular formula is C11H6N2O3. The van der Waals surface area contributed by atoms with Crippen LogP contribution in [0.25, 0.3) is 22.6 Å². The number of para-hydroxylation sites is 1. The molecule has 0 aliphatic rings. The highest BCUT2D eigenvalue weighted by atomic mass is 16.5. The van der Waals surface area contributed by atoms with E-state index in [0.717, 1.165) is 0 Å². The van der Waals surface area contributed by atoms with Crippen LogP contribution < -0.4 is 5.63 Å². The first-order valence-electron chi connectivity index (χ1n) is 4.65. The molecule has 3 rings (SSSR count). The molecule has 0 bridgehead atoms. The summed E-state index contributed by atoms with van der Waals surface area (Å²) in [7, 11) is 0. The number of benzene rings is 1. The van der Waals surface area contributed by atoms with Gasteiger partial charge in [0.1, 0.15) is 0 Å². The molecule has 0 saturated heterocycles. The highest BCUT2D eigenvalue weighted by Gasteiger charge is 2.10. The summed E-state index contributed by atoms with van der Waals surface area (Å²) in [5.41, 5.74) is 0.141. The van der Waals surface area contributed by atoms with Crippen LogP contribution in [0.2, 0.25) is 0 Å². The Labute approximate surface area is 89.3 Å². The minimum absolute atomic E-state index is 0.140. The van der Waals surface area contributed by atoms with Crippen LogP contribution in [0.15, 0.2) is 50.3 Å². The first kappa shape index (κ1) is 8.84. The Balaban J connectivity index is 2.34. The van der Waals surface area contributed by atoms with Crippen LogP contribution in [0.1, 0.15) is 0 Å². The topological polar surface area (TPSA) is 69.1 Å². The Bertz CT molecular complexity index is 686. The monoisotopic (exact) mass is 214 g/mol. The lowest BCUT2D eigenvalue weighted by molar-refractivity contribution is 0.407. The third-order valence-corrected chi connectivity index (χ3v) is 2.18. The van der Waals surface area contributed by atoms with Gasteiger partial charge in [0, 0.05) is 6.07 Å². The molecule has 0 amide bonds. The quantitative estimate of drug-likeness (QED) is 0.618. The molecule has 2 heterocycles. The van der Waals surface area contributed by atoms with Gasteiger partial charge in [0.2, 0.25) is 5.76 Å². The van der Waals surface area contributed by atoms with E-state index in [1.54, 1.807) is 30.3 Å². The smallest absolute Gasteiger partial charge is 0.347 e. The van der Waals surface area contributed by atoms with Crippen molar-refractivity contribution >= 4 is 10.9 Å². The Hall–Kier alpha value is -2.43. The van der Waals surface area contributed by atoms with Crippen LogP contribution in [0.4, 0.5) is 0 Å². The number of aromatic nitrogens is 2. The molecule has 0 unspecified atom stereocenters. The van der Waals surface area contributed by atoms with Gasteiger partial charge in [-0.15, -0.1) is 0 Å². The van der Waals surface area contributed by atoms with Crippen LogP contribution in [0.3, 0.4) is 0 Å². The summed E-state index contributed by atoms with van der Waals surface area (Å²) in [5.74, 6) is 0.476. The van der Waals surface area contributed by atoms with Crippen molar-refractivity contribution < 1.29 is 8.94 Å². The van der Waals surface area contributed by atoms with Gasteiger partial charge in [0.25, 0.3) is 5.89 Å². The van der Waals surface area contributed by atoms with Gasteiger partial charge in [0.15, 0.2) is 0 Å². The van der Waals surface area contributed by atoms with Crippen molar-refractivity contribution in [3.63, 3.8) is 0 Å². The lowest BCUT2D eigenvalue weighted by Crippen LogP contribution is -2.02. The zero-order chi connectivity index (χ0) is 11.0. The summed E-state index contributed by atoms with van der Waals surface area (Å²) < 4.78 is 9.91. The standard InChI is InChI=1S/C11H6N2O3/c14-11-7-3-1-2-4-8(7)13-10(15-11)9-5-6-12-16-9/h1-6H. The average Bonchev–Trinajstić information content (AvgIpc) is 2.82. The number of hydrogen-bond acceptors (Lipinski definition) is 5. The van der Waals surface area contributed by atoms with Crippen molar-refractivity contribution in [2.45, 2.75) is 0 Å². The minimum Gasteiger partial charge on any atom is -0.400 e. The third-order valence-electron chi connectivity index (χ3n) is 2.18. The molecule has 5 heteroatoms. The van der Waals surface area contributed by atoms with Crippen molar-refractivity contribution in [1.29, 1.82) is 0 Å². The highest BCUT2D eigenvalue weighted by Crippen LogP contribution is 2.17. The van der Waals surface area contributed by atoms with E-state index in [4.69, 9.17) is 8.94 Å². The summed E-state index contributed by atoms with van der Waals surface area (Å²) >= 11 is 0.